The van der Waals surface area contributed by atoms with Crippen molar-refractivity contribution >= 4 is 5.91 Å². The summed E-state index contributed by atoms with van der Waals surface area (Å²) in [6.45, 7) is 6.56. The number of carbonyl (C=O) groups is 1. The van der Waals surface area contributed by atoms with Gasteiger partial charge in [-0.05, 0) is 26.2 Å². The van der Waals surface area contributed by atoms with Gasteiger partial charge in [0, 0.05) is 12.5 Å². The Labute approximate surface area is 134 Å². The summed E-state index contributed by atoms with van der Waals surface area (Å²) >= 11 is 0. The fourth-order valence-corrected chi connectivity index (χ4v) is 2.84. The molecule has 124 valence electrons. The molecule has 23 heavy (non-hydrogen) atoms. The van der Waals surface area contributed by atoms with Crippen molar-refractivity contribution in [3.8, 4) is 0 Å². The second kappa shape index (κ2) is 6.47. The second-order valence-corrected chi connectivity index (χ2v) is 6.24. The minimum absolute atomic E-state index is 0.00416. The average molecular weight is 318 g/mol. The number of piperidine rings is 1. The molecule has 0 radical (unpaired) electrons. The maximum Gasteiger partial charge on any atom is 0.249 e. The van der Waals surface area contributed by atoms with Gasteiger partial charge in [-0.25, -0.2) is 9.67 Å². The highest BCUT2D eigenvalue weighted by Gasteiger charge is 2.35. The van der Waals surface area contributed by atoms with E-state index >= 15 is 0 Å². The fraction of sp³-hybridized carbons (Fsp3) is 0.667. The van der Waals surface area contributed by atoms with Crippen LogP contribution in [0, 0.1) is 0 Å². The molecule has 3 heterocycles. The van der Waals surface area contributed by atoms with E-state index in [4.69, 9.17) is 4.52 Å². The largest absolute Gasteiger partial charge is 0.337 e. The molecule has 2 aromatic heterocycles. The summed E-state index contributed by atoms with van der Waals surface area (Å²) in [6, 6.07) is -0.548. The Morgan fingerprint density at radius 3 is 2.83 bits per heavy atom. The number of carbonyl (C=O) groups excluding carboxylic acids is 1. The molecule has 8 heteroatoms. The van der Waals surface area contributed by atoms with Crippen molar-refractivity contribution < 1.29 is 9.32 Å². The molecule has 2 atom stereocenters. The molecular weight excluding hydrogens is 296 g/mol. The zero-order valence-electron chi connectivity index (χ0n) is 13.7. The van der Waals surface area contributed by atoms with Crippen LogP contribution in [0.25, 0.3) is 0 Å². The number of hydrogen-bond donors (Lipinski definition) is 0. The first-order chi connectivity index (χ1) is 11.1. The van der Waals surface area contributed by atoms with Crippen LogP contribution >= 0.6 is 0 Å². The lowest BCUT2D eigenvalue weighted by Gasteiger charge is -2.35. The van der Waals surface area contributed by atoms with Gasteiger partial charge in [0.1, 0.15) is 24.7 Å². The molecule has 0 saturated carbocycles. The first-order valence-electron chi connectivity index (χ1n) is 8.06. The summed E-state index contributed by atoms with van der Waals surface area (Å²) in [4.78, 5) is 23.1. The van der Waals surface area contributed by atoms with Crippen molar-refractivity contribution in [1.82, 2.24) is 29.8 Å². The van der Waals surface area contributed by atoms with Gasteiger partial charge in [-0.1, -0.05) is 19.0 Å². The summed E-state index contributed by atoms with van der Waals surface area (Å²) in [5.74, 6) is 1.42. The third-order valence-electron chi connectivity index (χ3n) is 4.24. The molecule has 8 nitrogen and oxygen atoms in total. The number of nitrogens with zero attached hydrogens (tertiary/aromatic N) is 6. The van der Waals surface area contributed by atoms with Crippen LogP contribution in [0.5, 0.6) is 0 Å². The molecule has 0 bridgehead atoms. The Morgan fingerprint density at radius 2 is 2.17 bits per heavy atom. The predicted octanol–water partition coefficient (Wildman–Crippen LogP) is 2.10. The van der Waals surface area contributed by atoms with E-state index in [0.717, 1.165) is 19.3 Å². The van der Waals surface area contributed by atoms with Crippen LogP contribution in [-0.2, 0) is 4.79 Å². The Kier molecular flexibility index (Phi) is 4.40. The quantitative estimate of drug-likeness (QED) is 0.857. The van der Waals surface area contributed by atoms with E-state index < -0.39 is 6.04 Å². The van der Waals surface area contributed by atoms with E-state index in [2.05, 4.69) is 20.2 Å². The molecule has 0 unspecified atom stereocenters. The highest BCUT2D eigenvalue weighted by atomic mass is 16.5. The van der Waals surface area contributed by atoms with Gasteiger partial charge < -0.3 is 9.42 Å². The summed E-state index contributed by atoms with van der Waals surface area (Å²) in [6.07, 6.45) is 5.87. The highest BCUT2D eigenvalue weighted by molar-refractivity contribution is 5.80. The Hall–Kier alpha value is -2.25. The number of aromatic nitrogens is 5. The topological polar surface area (TPSA) is 89.9 Å². The zero-order valence-corrected chi connectivity index (χ0v) is 13.7. The van der Waals surface area contributed by atoms with Crippen LogP contribution in [-0.4, -0.2) is 42.3 Å². The molecule has 3 rings (SSSR count). The van der Waals surface area contributed by atoms with Gasteiger partial charge in [0.05, 0.1) is 0 Å². The monoisotopic (exact) mass is 318 g/mol. The molecule has 0 aliphatic carbocycles. The number of rotatable bonds is 4. The molecule has 1 saturated heterocycles. The minimum atomic E-state index is -0.398. The Bertz CT molecular complexity index is 651. The smallest absolute Gasteiger partial charge is 0.249 e. The minimum Gasteiger partial charge on any atom is -0.337 e. The summed E-state index contributed by atoms with van der Waals surface area (Å²) in [5, 5.41) is 8.09. The predicted molar refractivity (Wildman–Crippen MR) is 81.4 cm³/mol. The van der Waals surface area contributed by atoms with Crippen molar-refractivity contribution in [2.24, 2.45) is 0 Å². The van der Waals surface area contributed by atoms with E-state index in [9.17, 15) is 4.79 Å². The normalized spacial score (nSPS) is 20.0. The van der Waals surface area contributed by atoms with Crippen LogP contribution < -0.4 is 0 Å². The van der Waals surface area contributed by atoms with Gasteiger partial charge in [-0.2, -0.15) is 10.1 Å². The fourth-order valence-electron chi connectivity index (χ4n) is 2.84. The van der Waals surface area contributed by atoms with Crippen LogP contribution in [0.2, 0.25) is 0 Å². The van der Waals surface area contributed by atoms with E-state index in [1.54, 1.807) is 11.0 Å². The molecular formula is C15H22N6O2. The third-order valence-corrected chi connectivity index (χ3v) is 4.24. The van der Waals surface area contributed by atoms with Gasteiger partial charge in [0.2, 0.25) is 11.8 Å². The SMILES string of the molecule is CC(C)c1noc([C@H]2CCCCN2C(=O)[C@@H](C)n2cncn2)n1. The summed E-state index contributed by atoms with van der Waals surface area (Å²) in [7, 11) is 0. The lowest BCUT2D eigenvalue weighted by Crippen LogP contribution is -2.42. The molecule has 0 spiro atoms. The standard InChI is InChI=1S/C15H22N6O2/c1-10(2)13-18-14(23-19-13)12-6-4-5-7-20(12)15(22)11(3)21-9-16-8-17-21/h8-12H,4-7H2,1-3H3/t11-,12-/m1/s1. The second-order valence-electron chi connectivity index (χ2n) is 6.24. The van der Waals surface area contributed by atoms with Crippen LogP contribution in [0.3, 0.4) is 0 Å². The third kappa shape index (κ3) is 3.11. The van der Waals surface area contributed by atoms with Gasteiger partial charge in [-0.3, -0.25) is 4.79 Å². The lowest BCUT2D eigenvalue weighted by molar-refractivity contribution is -0.139. The van der Waals surface area contributed by atoms with Crippen molar-refractivity contribution in [3.63, 3.8) is 0 Å². The van der Waals surface area contributed by atoms with E-state index in [0.29, 0.717) is 18.3 Å². The maximum atomic E-state index is 12.9. The van der Waals surface area contributed by atoms with Crippen molar-refractivity contribution in [3.05, 3.63) is 24.4 Å². The maximum absolute atomic E-state index is 12.9. The zero-order chi connectivity index (χ0) is 16.4. The van der Waals surface area contributed by atoms with Crippen LogP contribution in [0.4, 0.5) is 0 Å². The van der Waals surface area contributed by atoms with Crippen molar-refractivity contribution in [2.45, 2.75) is 58.0 Å². The van der Waals surface area contributed by atoms with Gasteiger partial charge in [0.25, 0.3) is 0 Å². The number of amides is 1. The molecule has 1 fully saturated rings. The first-order valence-corrected chi connectivity index (χ1v) is 8.06. The van der Waals surface area contributed by atoms with Crippen molar-refractivity contribution in [1.29, 1.82) is 0 Å². The van der Waals surface area contributed by atoms with Crippen LogP contribution in [0.15, 0.2) is 17.2 Å². The van der Waals surface area contributed by atoms with Crippen molar-refractivity contribution in [2.75, 3.05) is 6.54 Å². The van der Waals surface area contributed by atoms with E-state index in [-0.39, 0.29) is 17.9 Å². The van der Waals surface area contributed by atoms with Gasteiger partial charge in [0.15, 0.2) is 5.82 Å². The molecule has 1 aliphatic heterocycles. The number of hydrogen-bond acceptors (Lipinski definition) is 6. The van der Waals surface area contributed by atoms with E-state index in [1.165, 1.54) is 6.33 Å². The lowest BCUT2D eigenvalue weighted by atomic mass is 10.0. The molecule has 0 aromatic carbocycles. The van der Waals surface area contributed by atoms with Gasteiger partial charge >= 0.3 is 0 Å². The number of likely N-dealkylation sites (tertiary alicyclic amines) is 1. The Morgan fingerprint density at radius 1 is 1.35 bits per heavy atom. The molecule has 0 N–H and O–H groups in total. The molecule has 1 amide bonds. The average Bonchev–Trinajstić information content (AvgIpc) is 3.24. The van der Waals surface area contributed by atoms with E-state index in [1.807, 2.05) is 25.7 Å². The highest BCUT2D eigenvalue weighted by Crippen LogP contribution is 2.32. The molecule has 1 aliphatic rings. The molecule has 2 aromatic rings. The first kappa shape index (κ1) is 15.6. The van der Waals surface area contributed by atoms with Gasteiger partial charge in [-0.15, -0.1) is 0 Å². The summed E-state index contributed by atoms with van der Waals surface area (Å²) < 4.78 is 7.00. The summed E-state index contributed by atoms with van der Waals surface area (Å²) in [5.41, 5.74) is 0. The van der Waals surface area contributed by atoms with Crippen LogP contribution in [0.1, 0.15) is 69.8 Å². The Balaban J connectivity index is 1.81.